The molecule has 0 saturated carbocycles. The maximum Gasteiger partial charge on any atom is 0.334 e. The van der Waals surface area contributed by atoms with Crippen molar-refractivity contribution in [1.82, 2.24) is 4.90 Å². The Kier molecular flexibility index (Phi) is 2.44. The molecule has 2 atom stereocenters. The van der Waals surface area contributed by atoms with Crippen molar-refractivity contribution in [2.24, 2.45) is 0 Å². The van der Waals surface area contributed by atoms with Gasteiger partial charge in [-0.25, -0.2) is 4.79 Å². The molecule has 5 nitrogen and oxygen atoms in total. The molecule has 2 aliphatic heterocycles. The van der Waals surface area contributed by atoms with Crippen LogP contribution in [0.15, 0.2) is 11.8 Å². The topological polar surface area (TPSA) is 66.8 Å². The first kappa shape index (κ1) is 10.1. The summed E-state index contributed by atoms with van der Waals surface area (Å²) in [6.07, 6.45) is 1.94. The SMILES string of the molecule is O=C(O)C1C(=CCC=S)OC2CC(=O)N21. The first-order valence-corrected chi connectivity index (χ1v) is 4.96. The van der Waals surface area contributed by atoms with Gasteiger partial charge in [-0.3, -0.25) is 9.69 Å². The quantitative estimate of drug-likeness (QED) is 0.555. The number of aliphatic carboxylic acids is 1. The van der Waals surface area contributed by atoms with Crippen molar-refractivity contribution in [1.29, 1.82) is 0 Å². The van der Waals surface area contributed by atoms with Gasteiger partial charge in [-0.2, -0.15) is 0 Å². The molecule has 2 aliphatic rings. The summed E-state index contributed by atoms with van der Waals surface area (Å²) in [5, 5.41) is 10.5. The van der Waals surface area contributed by atoms with Crippen LogP contribution in [0.1, 0.15) is 12.8 Å². The van der Waals surface area contributed by atoms with Crippen molar-refractivity contribution in [2.45, 2.75) is 25.1 Å². The number of amides is 1. The maximum atomic E-state index is 11.2. The summed E-state index contributed by atoms with van der Waals surface area (Å²) in [5.41, 5.74) is 0. The van der Waals surface area contributed by atoms with Gasteiger partial charge in [0, 0.05) is 0 Å². The number of carbonyl (C=O) groups is 2. The third-order valence-electron chi connectivity index (χ3n) is 2.42. The number of rotatable bonds is 3. The van der Waals surface area contributed by atoms with Gasteiger partial charge in [-0.1, -0.05) is 12.2 Å². The number of ether oxygens (including phenoxy) is 1. The van der Waals surface area contributed by atoms with Crippen LogP contribution in [0, 0.1) is 0 Å². The predicted molar refractivity (Wildman–Crippen MR) is 54.1 cm³/mol. The second-order valence-electron chi connectivity index (χ2n) is 3.33. The molecule has 1 amide bonds. The van der Waals surface area contributed by atoms with Crippen LogP contribution in [0.5, 0.6) is 0 Å². The molecule has 80 valence electrons. The van der Waals surface area contributed by atoms with E-state index in [1.165, 1.54) is 10.3 Å². The minimum atomic E-state index is -1.07. The van der Waals surface area contributed by atoms with Gasteiger partial charge in [0.15, 0.2) is 12.3 Å². The Labute approximate surface area is 91.3 Å². The van der Waals surface area contributed by atoms with Crippen LogP contribution in [0.2, 0.25) is 0 Å². The molecule has 0 aliphatic carbocycles. The Morgan fingerprint density at radius 3 is 3.00 bits per heavy atom. The Morgan fingerprint density at radius 1 is 1.73 bits per heavy atom. The molecule has 6 heteroatoms. The molecule has 2 fully saturated rings. The fraction of sp³-hybridized carbons (Fsp3) is 0.444. The normalized spacial score (nSPS) is 30.8. The van der Waals surface area contributed by atoms with E-state index in [4.69, 9.17) is 9.84 Å². The molecule has 2 heterocycles. The van der Waals surface area contributed by atoms with Crippen LogP contribution < -0.4 is 0 Å². The van der Waals surface area contributed by atoms with Crippen molar-refractivity contribution < 1.29 is 19.4 Å². The van der Waals surface area contributed by atoms with Crippen LogP contribution >= 0.6 is 12.2 Å². The van der Waals surface area contributed by atoms with E-state index in [1.54, 1.807) is 6.08 Å². The van der Waals surface area contributed by atoms with Crippen molar-refractivity contribution in [3.63, 3.8) is 0 Å². The highest BCUT2D eigenvalue weighted by Gasteiger charge is 2.53. The van der Waals surface area contributed by atoms with Crippen molar-refractivity contribution in [2.75, 3.05) is 0 Å². The third kappa shape index (κ3) is 1.50. The number of β-lactam (4-membered cyclic amide) rings is 1. The Hall–Kier alpha value is -1.43. The molecule has 0 bridgehead atoms. The van der Waals surface area contributed by atoms with E-state index >= 15 is 0 Å². The van der Waals surface area contributed by atoms with E-state index in [9.17, 15) is 9.59 Å². The predicted octanol–water partition coefficient (Wildman–Crippen LogP) is 0.302. The third-order valence-corrected chi connectivity index (χ3v) is 2.61. The number of thiocarbonyl (C=S) groups is 1. The average Bonchev–Trinajstić information content (AvgIpc) is 2.47. The summed E-state index contributed by atoms with van der Waals surface area (Å²) in [7, 11) is 0. The van der Waals surface area contributed by atoms with Gasteiger partial charge in [0.05, 0.1) is 6.42 Å². The molecule has 0 radical (unpaired) electrons. The number of carboxylic acids is 1. The summed E-state index contributed by atoms with van der Waals surface area (Å²) < 4.78 is 5.33. The number of carbonyl (C=O) groups excluding carboxylic acids is 1. The highest BCUT2D eigenvalue weighted by Crippen LogP contribution is 2.36. The van der Waals surface area contributed by atoms with E-state index in [0.717, 1.165) is 0 Å². The van der Waals surface area contributed by atoms with E-state index in [-0.39, 0.29) is 12.3 Å². The minimum Gasteiger partial charge on any atom is -0.479 e. The van der Waals surface area contributed by atoms with E-state index in [0.29, 0.717) is 12.2 Å². The van der Waals surface area contributed by atoms with E-state index in [1.807, 2.05) is 0 Å². The van der Waals surface area contributed by atoms with E-state index < -0.39 is 18.2 Å². The van der Waals surface area contributed by atoms with Gasteiger partial charge in [0.25, 0.3) is 0 Å². The van der Waals surface area contributed by atoms with Gasteiger partial charge < -0.3 is 9.84 Å². The molecule has 0 aromatic rings. The van der Waals surface area contributed by atoms with Gasteiger partial charge in [-0.05, 0) is 17.9 Å². The molecule has 2 rings (SSSR count). The lowest BCUT2D eigenvalue weighted by molar-refractivity contribution is -0.163. The van der Waals surface area contributed by atoms with Crippen molar-refractivity contribution >= 4 is 29.5 Å². The number of hydrogen-bond acceptors (Lipinski definition) is 4. The first-order chi connectivity index (χ1) is 7.15. The van der Waals surface area contributed by atoms with E-state index in [2.05, 4.69) is 12.2 Å². The molecule has 15 heavy (non-hydrogen) atoms. The fourth-order valence-corrected chi connectivity index (χ4v) is 1.83. The number of fused-ring (bicyclic) bond motifs is 1. The molecule has 2 unspecified atom stereocenters. The van der Waals surface area contributed by atoms with Crippen LogP contribution in [0.25, 0.3) is 0 Å². The highest BCUT2D eigenvalue weighted by molar-refractivity contribution is 7.78. The number of hydrogen-bond donors (Lipinski definition) is 1. The summed E-state index contributed by atoms with van der Waals surface area (Å²) in [4.78, 5) is 23.4. The summed E-state index contributed by atoms with van der Waals surface area (Å²) in [6, 6.07) is -0.966. The fourth-order valence-electron chi connectivity index (χ4n) is 1.73. The van der Waals surface area contributed by atoms with Crippen molar-refractivity contribution in [3.8, 4) is 0 Å². The molecular weight excluding hydrogens is 218 g/mol. The summed E-state index contributed by atoms with van der Waals surface area (Å²) in [6.45, 7) is 0. The molecule has 1 N–H and O–H groups in total. The zero-order chi connectivity index (χ0) is 11.0. The molecular formula is C9H9NO4S. The lowest BCUT2D eigenvalue weighted by Gasteiger charge is -2.33. The minimum absolute atomic E-state index is 0.182. The van der Waals surface area contributed by atoms with Crippen molar-refractivity contribution in [3.05, 3.63) is 11.8 Å². The van der Waals surface area contributed by atoms with Crippen LogP contribution in [-0.4, -0.2) is 39.5 Å². The van der Waals surface area contributed by atoms with Gasteiger partial charge >= 0.3 is 5.97 Å². The molecule has 0 aromatic heterocycles. The maximum absolute atomic E-state index is 11.2. The summed E-state index contributed by atoms with van der Waals surface area (Å²) in [5.74, 6) is -0.932. The Bertz CT molecular complexity index is 365. The smallest absolute Gasteiger partial charge is 0.334 e. The highest BCUT2D eigenvalue weighted by atomic mass is 32.1. The number of nitrogens with zero attached hydrogens (tertiary/aromatic N) is 1. The second kappa shape index (κ2) is 3.62. The molecule has 0 aromatic carbocycles. The largest absolute Gasteiger partial charge is 0.479 e. The Balaban J connectivity index is 2.22. The zero-order valence-corrected chi connectivity index (χ0v) is 8.57. The zero-order valence-electron chi connectivity index (χ0n) is 7.75. The second-order valence-corrected chi connectivity index (χ2v) is 3.66. The Morgan fingerprint density at radius 2 is 2.47 bits per heavy atom. The van der Waals surface area contributed by atoms with Gasteiger partial charge in [0.1, 0.15) is 5.76 Å². The van der Waals surface area contributed by atoms with Gasteiger partial charge in [0.2, 0.25) is 5.91 Å². The monoisotopic (exact) mass is 227 g/mol. The first-order valence-electron chi connectivity index (χ1n) is 4.49. The number of allylic oxidation sites excluding steroid dienone is 1. The van der Waals surface area contributed by atoms with Crippen LogP contribution in [-0.2, 0) is 14.3 Å². The molecule has 0 spiro atoms. The lowest BCUT2D eigenvalue weighted by Crippen LogP contribution is -2.54. The molecule has 2 saturated heterocycles. The lowest BCUT2D eigenvalue weighted by atomic mass is 10.1. The van der Waals surface area contributed by atoms with Crippen LogP contribution in [0.3, 0.4) is 0 Å². The summed E-state index contributed by atoms with van der Waals surface area (Å²) >= 11 is 4.64. The van der Waals surface area contributed by atoms with Crippen LogP contribution in [0.4, 0.5) is 0 Å². The van der Waals surface area contributed by atoms with Gasteiger partial charge in [-0.15, -0.1) is 0 Å². The average molecular weight is 227 g/mol. The standard InChI is InChI=1S/C9H9NO4S/c11-6-4-7-10(6)8(9(12)13)5(14-7)2-1-3-15/h2-3,7-8H,1,4H2,(H,12,13). The number of carboxylic acid groups (broad SMARTS) is 1.